The summed E-state index contributed by atoms with van der Waals surface area (Å²) in [6.45, 7) is 10.6. The average molecular weight is 283 g/mol. The van der Waals surface area contributed by atoms with Gasteiger partial charge in [0.1, 0.15) is 11.4 Å². The van der Waals surface area contributed by atoms with E-state index in [0.29, 0.717) is 25.3 Å². The molecule has 0 saturated carbocycles. The number of nitrogens with one attached hydrogen (secondary N) is 1. The third-order valence-electron chi connectivity index (χ3n) is 2.87. The molecule has 1 amide bonds. The molecule has 1 rings (SSSR count). The van der Waals surface area contributed by atoms with E-state index in [-0.39, 0.29) is 6.10 Å². The molecular formula is C15H25NO4. The van der Waals surface area contributed by atoms with E-state index >= 15 is 0 Å². The van der Waals surface area contributed by atoms with Gasteiger partial charge < -0.3 is 14.2 Å². The normalized spacial score (nSPS) is 22.1. The van der Waals surface area contributed by atoms with E-state index in [1.807, 2.05) is 40.7 Å². The Hall–Kier alpha value is -1.49. The Morgan fingerprint density at radius 3 is 2.65 bits per heavy atom. The quantitative estimate of drug-likeness (QED) is 0.813. The van der Waals surface area contributed by atoms with Crippen LogP contribution < -0.4 is 5.32 Å². The Labute approximate surface area is 121 Å². The number of carbonyl (C=O) groups is 1. The van der Waals surface area contributed by atoms with E-state index in [0.717, 1.165) is 5.76 Å². The second kappa shape index (κ2) is 7.33. The van der Waals surface area contributed by atoms with Gasteiger partial charge in [-0.3, -0.25) is 5.32 Å². The second-order valence-electron chi connectivity index (χ2n) is 5.05. The van der Waals surface area contributed by atoms with Crippen molar-refractivity contribution in [1.82, 2.24) is 5.32 Å². The molecule has 0 saturated heterocycles. The molecule has 0 heterocycles. The predicted molar refractivity (Wildman–Crippen MR) is 77.2 cm³/mol. The number of amides is 1. The van der Waals surface area contributed by atoms with Crippen LogP contribution in [-0.4, -0.2) is 31.0 Å². The van der Waals surface area contributed by atoms with Gasteiger partial charge in [-0.25, -0.2) is 4.79 Å². The maximum Gasteiger partial charge on any atom is 0.411 e. The monoisotopic (exact) mass is 283 g/mol. The minimum Gasteiger partial charge on any atom is -0.495 e. The number of hydrogen-bond donors (Lipinski definition) is 1. The molecule has 0 spiro atoms. The van der Waals surface area contributed by atoms with Crippen molar-refractivity contribution in [3.8, 4) is 0 Å². The van der Waals surface area contributed by atoms with Crippen LogP contribution in [-0.2, 0) is 14.2 Å². The van der Waals surface area contributed by atoms with Crippen LogP contribution in [0.3, 0.4) is 0 Å². The van der Waals surface area contributed by atoms with Gasteiger partial charge in [0.05, 0.1) is 12.7 Å². The number of rotatable bonds is 6. The predicted octanol–water partition coefficient (Wildman–Crippen LogP) is 3.12. The third-order valence-corrected chi connectivity index (χ3v) is 2.87. The maximum atomic E-state index is 11.6. The second-order valence-corrected chi connectivity index (χ2v) is 5.05. The molecule has 1 aliphatic carbocycles. The summed E-state index contributed by atoms with van der Waals surface area (Å²) in [5, 5.41) is 2.71. The summed E-state index contributed by atoms with van der Waals surface area (Å²) in [4.78, 5) is 11.6. The van der Waals surface area contributed by atoms with Crippen LogP contribution in [0.4, 0.5) is 4.79 Å². The van der Waals surface area contributed by atoms with Gasteiger partial charge in [0.25, 0.3) is 0 Å². The highest BCUT2D eigenvalue weighted by Gasteiger charge is 2.33. The van der Waals surface area contributed by atoms with Crippen LogP contribution in [0.1, 0.15) is 41.0 Å². The largest absolute Gasteiger partial charge is 0.495 e. The van der Waals surface area contributed by atoms with E-state index in [1.54, 1.807) is 6.08 Å². The summed E-state index contributed by atoms with van der Waals surface area (Å²) in [6.07, 6.45) is 3.75. The Balaban J connectivity index is 2.77. The van der Waals surface area contributed by atoms with E-state index in [2.05, 4.69) is 5.32 Å². The molecule has 0 aromatic rings. The van der Waals surface area contributed by atoms with Crippen molar-refractivity contribution in [3.05, 3.63) is 23.6 Å². The molecule has 0 aromatic heterocycles. The van der Waals surface area contributed by atoms with Crippen molar-refractivity contribution < 1.29 is 19.0 Å². The molecule has 0 aliphatic heterocycles. The molecule has 114 valence electrons. The fourth-order valence-corrected chi connectivity index (χ4v) is 2.01. The molecule has 1 unspecified atom stereocenters. The SMILES string of the molecule is CCOC1=CC(NC(=O)OC(C)C)=CCC1(C)OCC. The summed E-state index contributed by atoms with van der Waals surface area (Å²) < 4.78 is 16.5. The van der Waals surface area contributed by atoms with Crippen LogP contribution in [0.15, 0.2) is 23.6 Å². The fraction of sp³-hybridized carbons (Fsp3) is 0.667. The van der Waals surface area contributed by atoms with E-state index in [9.17, 15) is 4.79 Å². The van der Waals surface area contributed by atoms with Crippen LogP contribution >= 0.6 is 0 Å². The first-order chi connectivity index (χ1) is 9.41. The van der Waals surface area contributed by atoms with Gasteiger partial charge in [0.15, 0.2) is 0 Å². The summed E-state index contributed by atoms with van der Waals surface area (Å²) >= 11 is 0. The first kappa shape index (κ1) is 16.6. The Kier molecular flexibility index (Phi) is 6.07. The van der Waals surface area contributed by atoms with Crippen molar-refractivity contribution in [2.75, 3.05) is 13.2 Å². The van der Waals surface area contributed by atoms with Crippen molar-refractivity contribution in [2.45, 2.75) is 52.7 Å². The van der Waals surface area contributed by atoms with Gasteiger partial charge in [-0.15, -0.1) is 0 Å². The van der Waals surface area contributed by atoms with Crippen molar-refractivity contribution in [2.24, 2.45) is 0 Å². The lowest BCUT2D eigenvalue weighted by atomic mass is 9.93. The molecule has 5 nitrogen and oxygen atoms in total. The molecule has 1 N–H and O–H groups in total. The van der Waals surface area contributed by atoms with Gasteiger partial charge in [-0.2, -0.15) is 0 Å². The zero-order valence-corrected chi connectivity index (χ0v) is 13.0. The number of carbonyl (C=O) groups excluding carboxylic acids is 1. The van der Waals surface area contributed by atoms with Crippen LogP contribution in [0, 0.1) is 0 Å². The molecule has 1 atom stereocenters. The molecule has 20 heavy (non-hydrogen) atoms. The van der Waals surface area contributed by atoms with Crippen LogP contribution in [0.2, 0.25) is 0 Å². The minimum absolute atomic E-state index is 0.150. The zero-order chi connectivity index (χ0) is 15.2. The Morgan fingerprint density at radius 2 is 2.10 bits per heavy atom. The van der Waals surface area contributed by atoms with Gasteiger partial charge in [-0.05, 0) is 34.6 Å². The number of allylic oxidation sites excluding steroid dienone is 1. The first-order valence-corrected chi connectivity index (χ1v) is 7.08. The Bertz CT molecular complexity index is 401. The van der Waals surface area contributed by atoms with Gasteiger partial charge in [0.2, 0.25) is 0 Å². The molecule has 0 aromatic carbocycles. The van der Waals surface area contributed by atoms with Crippen molar-refractivity contribution in [1.29, 1.82) is 0 Å². The average Bonchev–Trinajstić information content (AvgIpc) is 2.33. The third kappa shape index (κ3) is 4.56. The van der Waals surface area contributed by atoms with Crippen molar-refractivity contribution in [3.63, 3.8) is 0 Å². The molecule has 0 radical (unpaired) electrons. The van der Waals surface area contributed by atoms with E-state index in [1.165, 1.54) is 0 Å². The lowest BCUT2D eigenvalue weighted by Gasteiger charge is -2.33. The first-order valence-electron chi connectivity index (χ1n) is 7.08. The lowest BCUT2D eigenvalue weighted by molar-refractivity contribution is -0.0369. The summed E-state index contributed by atoms with van der Waals surface area (Å²) in [6, 6.07) is 0. The highest BCUT2D eigenvalue weighted by atomic mass is 16.6. The zero-order valence-electron chi connectivity index (χ0n) is 13.0. The minimum atomic E-state index is -0.474. The Morgan fingerprint density at radius 1 is 1.40 bits per heavy atom. The molecule has 0 fully saturated rings. The highest BCUT2D eigenvalue weighted by Crippen LogP contribution is 2.31. The lowest BCUT2D eigenvalue weighted by Crippen LogP contribution is -2.36. The standard InChI is InChI=1S/C15H25NO4/c1-6-18-13-10-12(16-14(17)20-11(3)4)8-9-15(13,5)19-7-2/h8,10-11H,6-7,9H2,1-5H3,(H,16,17). The van der Waals surface area contributed by atoms with Gasteiger partial charge in [0, 0.05) is 24.8 Å². The van der Waals surface area contributed by atoms with Crippen molar-refractivity contribution >= 4 is 6.09 Å². The summed E-state index contributed by atoms with van der Waals surface area (Å²) in [5.41, 5.74) is 0.203. The van der Waals surface area contributed by atoms with E-state index in [4.69, 9.17) is 14.2 Å². The number of ether oxygens (including phenoxy) is 3. The number of alkyl carbamates (subject to hydrolysis) is 1. The molecule has 5 heteroatoms. The highest BCUT2D eigenvalue weighted by molar-refractivity contribution is 5.70. The molecule has 1 aliphatic rings. The topological polar surface area (TPSA) is 56.8 Å². The molecular weight excluding hydrogens is 258 g/mol. The van der Waals surface area contributed by atoms with Gasteiger partial charge in [-0.1, -0.05) is 6.08 Å². The van der Waals surface area contributed by atoms with Crippen LogP contribution in [0.5, 0.6) is 0 Å². The van der Waals surface area contributed by atoms with Crippen LogP contribution in [0.25, 0.3) is 0 Å². The number of hydrogen-bond acceptors (Lipinski definition) is 4. The summed E-state index contributed by atoms with van der Waals surface area (Å²) in [7, 11) is 0. The van der Waals surface area contributed by atoms with E-state index < -0.39 is 11.7 Å². The maximum absolute atomic E-state index is 11.6. The summed E-state index contributed by atoms with van der Waals surface area (Å²) in [5.74, 6) is 0.726. The molecule has 0 bridgehead atoms. The smallest absolute Gasteiger partial charge is 0.411 e. The fourth-order valence-electron chi connectivity index (χ4n) is 2.01. The van der Waals surface area contributed by atoms with Gasteiger partial charge >= 0.3 is 6.09 Å².